The number of guanidine groups is 1. The molecule has 2 atom stereocenters. The number of hydrogen-bond acceptors (Lipinski definition) is 3. The highest BCUT2D eigenvalue weighted by atomic mass is 16.5. The number of nitrogens with zero attached hydrogens (tertiary/aromatic N) is 3. The molecule has 2 fully saturated rings. The lowest BCUT2D eigenvalue weighted by molar-refractivity contribution is 0.365. The van der Waals surface area contributed by atoms with Crippen LogP contribution in [-0.2, 0) is 0 Å². The van der Waals surface area contributed by atoms with Crippen LogP contribution in [0.1, 0.15) is 20.3 Å². The van der Waals surface area contributed by atoms with E-state index in [4.69, 9.17) is 4.74 Å². The number of methoxy groups -OCH3 is 1. The maximum Gasteiger partial charge on any atom is 0.194 e. The number of rotatable bonds is 4. The van der Waals surface area contributed by atoms with Crippen LogP contribution >= 0.6 is 0 Å². The summed E-state index contributed by atoms with van der Waals surface area (Å²) in [5.74, 6) is 2.82. The maximum absolute atomic E-state index is 5.49. The Morgan fingerprint density at radius 2 is 1.96 bits per heavy atom. The summed E-state index contributed by atoms with van der Waals surface area (Å²) in [5.41, 5.74) is 1.19. The highest BCUT2D eigenvalue weighted by molar-refractivity contribution is 5.81. The number of anilines is 1. The summed E-state index contributed by atoms with van der Waals surface area (Å²) in [7, 11) is 1.74. The monoisotopic (exact) mass is 316 g/mol. The van der Waals surface area contributed by atoms with Crippen LogP contribution < -0.4 is 15.0 Å². The first kappa shape index (κ1) is 16.0. The molecule has 5 nitrogen and oxygen atoms in total. The Morgan fingerprint density at radius 3 is 2.57 bits per heavy atom. The molecule has 0 spiro atoms. The van der Waals surface area contributed by atoms with Crippen LogP contribution in [0, 0.1) is 5.92 Å². The van der Waals surface area contributed by atoms with Crippen molar-refractivity contribution in [3.8, 4) is 5.75 Å². The molecule has 2 aliphatic rings. The van der Waals surface area contributed by atoms with Gasteiger partial charge in [0.15, 0.2) is 5.96 Å². The topological polar surface area (TPSA) is 40.1 Å². The van der Waals surface area contributed by atoms with E-state index < -0.39 is 0 Å². The maximum atomic E-state index is 5.49. The standard InChI is InChI=1S/C18H28N4O/c1-4-19-18(20-15-13-14(15)2)22-11-9-21(10-12-22)16-7-5-6-8-17(16)23-3/h5-8,14-15H,4,9-13H2,1-3H3,(H,19,20). The van der Waals surface area contributed by atoms with Gasteiger partial charge in [-0.1, -0.05) is 19.1 Å². The minimum absolute atomic E-state index is 0.618. The molecule has 1 aromatic carbocycles. The molecule has 0 amide bonds. The Kier molecular flexibility index (Phi) is 4.94. The summed E-state index contributed by atoms with van der Waals surface area (Å²) in [6.45, 7) is 9.19. The van der Waals surface area contributed by atoms with Gasteiger partial charge in [-0.25, -0.2) is 0 Å². The lowest BCUT2D eigenvalue weighted by Gasteiger charge is -2.38. The lowest BCUT2D eigenvalue weighted by Crippen LogP contribution is -2.53. The third kappa shape index (κ3) is 3.71. The number of aliphatic imine (C=N–C) groups is 1. The van der Waals surface area contributed by atoms with Gasteiger partial charge in [0.2, 0.25) is 0 Å². The normalized spacial score (nSPS) is 24.6. The Hall–Kier alpha value is -1.91. The number of hydrogen-bond donors (Lipinski definition) is 1. The van der Waals surface area contributed by atoms with E-state index in [1.165, 1.54) is 12.1 Å². The van der Waals surface area contributed by atoms with Crippen LogP contribution in [0.25, 0.3) is 0 Å². The molecule has 1 aliphatic heterocycles. The summed E-state index contributed by atoms with van der Waals surface area (Å²) in [5, 5.41) is 3.62. The number of para-hydroxylation sites is 2. The molecule has 1 aromatic rings. The summed E-state index contributed by atoms with van der Waals surface area (Å²) in [4.78, 5) is 9.47. The molecule has 1 aliphatic carbocycles. The Balaban J connectivity index is 1.61. The van der Waals surface area contributed by atoms with E-state index in [9.17, 15) is 0 Å². The third-order valence-corrected chi connectivity index (χ3v) is 4.74. The summed E-state index contributed by atoms with van der Waals surface area (Å²) < 4.78 is 5.49. The predicted octanol–water partition coefficient (Wildman–Crippen LogP) is 2.19. The fourth-order valence-electron chi connectivity index (χ4n) is 3.13. The van der Waals surface area contributed by atoms with E-state index in [2.05, 4.69) is 46.1 Å². The minimum Gasteiger partial charge on any atom is -0.495 e. The Morgan fingerprint density at radius 1 is 1.26 bits per heavy atom. The molecule has 1 saturated heterocycles. The minimum atomic E-state index is 0.618. The van der Waals surface area contributed by atoms with Gasteiger partial charge in [-0.05, 0) is 31.4 Å². The molecule has 2 unspecified atom stereocenters. The van der Waals surface area contributed by atoms with Crippen LogP contribution in [0.5, 0.6) is 5.75 Å². The molecule has 23 heavy (non-hydrogen) atoms. The average molecular weight is 316 g/mol. The van der Waals surface area contributed by atoms with E-state index in [0.717, 1.165) is 50.4 Å². The van der Waals surface area contributed by atoms with Crippen molar-refractivity contribution in [1.82, 2.24) is 10.2 Å². The number of ether oxygens (including phenoxy) is 1. The van der Waals surface area contributed by atoms with Gasteiger partial charge >= 0.3 is 0 Å². The lowest BCUT2D eigenvalue weighted by atomic mass is 10.2. The van der Waals surface area contributed by atoms with Crippen LogP contribution in [0.4, 0.5) is 5.69 Å². The van der Waals surface area contributed by atoms with Crippen molar-refractivity contribution >= 4 is 11.6 Å². The average Bonchev–Trinajstić information content (AvgIpc) is 3.29. The Bertz CT molecular complexity index is 552. The summed E-state index contributed by atoms with van der Waals surface area (Å²) >= 11 is 0. The smallest absolute Gasteiger partial charge is 0.194 e. The molecule has 0 aromatic heterocycles. The van der Waals surface area contributed by atoms with Gasteiger partial charge in [-0.2, -0.15) is 0 Å². The summed E-state index contributed by atoms with van der Waals surface area (Å²) in [6.07, 6.45) is 1.27. The van der Waals surface area contributed by atoms with Gasteiger partial charge in [0, 0.05) is 38.8 Å². The Labute approximate surface area is 139 Å². The fraction of sp³-hybridized carbons (Fsp3) is 0.611. The van der Waals surface area contributed by atoms with E-state index in [-0.39, 0.29) is 0 Å². The molecule has 5 heteroatoms. The van der Waals surface area contributed by atoms with E-state index in [1.54, 1.807) is 7.11 Å². The first-order valence-electron chi connectivity index (χ1n) is 8.66. The van der Waals surface area contributed by atoms with Crippen LogP contribution in [0.2, 0.25) is 0 Å². The molecular weight excluding hydrogens is 288 g/mol. The van der Waals surface area contributed by atoms with Gasteiger partial charge in [0.25, 0.3) is 0 Å². The highest BCUT2D eigenvalue weighted by Crippen LogP contribution is 2.30. The second-order valence-corrected chi connectivity index (χ2v) is 6.41. The van der Waals surface area contributed by atoms with Crippen LogP contribution in [-0.4, -0.2) is 56.7 Å². The van der Waals surface area contributed by atoms with Gasteiger partial charge in [0.05, 0.1) is 12.8 Å². The molecule has 1 saturated carbocycles. The zero-order valence-corrected chi connectivity index (χ0v) is 14.5. The number of piperazine rings is 1. The molecular formula is C18H28N4O. The molecule has 1 heterocycles. The zero-order valence-electron chi connectivity index (χ0n) is 14.5. The van der Waals surface area contributed by atoms with Crippen LogP contribution in [0.15, 0.2) is 29.3 Å². The van der Waals surface area contributed by atoms with Gasteiger partial charge in [-0.15, -0.1) is 0 Å². The predicted molar refractivity (Wildman–Crippen MR) is 95.5 cm³/mol. The quantitative estimate of drug-likeness (QED) is 0.683. The van der Waals surface area contributed by atoms with Crippen LogP contribution in [0.3, 0.4) is 0 Å². The SMILES string of the molecule is CCN=C(NC1CC1C)N1CCN(c2ccccc2OC)CC1. The van der Waals surface area contributed by atoms with E-state index >= 15 is 0 Å². The van der Waals surface area contributed by atoms with Gasteiger partial charge in [0.1, 0.15) is 5.75 Å². The first-order chi connectivity index (χ1) is 11.2. The highest BCUT2D eigenvalue weighted by Gasteiger charge is 2.34. The van der Waals surface area contributed by atoms with Crippen molar-refractivity contribution in [3.05, 3.63) is 24.3 Å². The van der Waals surface area contributed by atoms with E-state index in [1.807, 2.05) is 12.1 Å². The van der Waals surface area contributed by atoms with Gasteiger partial charge in [-0.3, -0.25) is 4.99 Å². The first-order valence-corrected chi connectivity index (χ1v) is 8.66. The zero-order chi connectivity index (χ0) is 16.2. The van der Waals surface area contributed by atoms with Crippen molar-refractivity contribution in [3.63, 3.8) is 0 Å². The summed E-state index contributed by atoms with van der Waals surface area (Å²) in [6, 6.07) is 8.88. The van der Waals surface area contributed by atoms with Crippen molar-refractivity contribution in [2.45, 2.75) is 26.3 Å². The fourth-order valence-corrected chi connectivity index (χ4v) is 3.13. The molecule has 1 N–H and O–H groups in total. The molecule has 3 rings (SSSR count). The van der Waals surface area contributed by atoms with Crippen molar-refractivity contribution in [1.29, 1.82) is 0 Å². The van der Waals surface area contributed by atoms with Gasteiger partial charge < -0.3 is 19.9 Å². The van der Waals surface area contributed by atoms with Crippen molar-refractivity contribution in [2.24, 2.45) is 10.9 Å². The molecule has 126 valence electrons. The second kappa shape index (κ2) is 7.11. The number of benzene rings is 1. The second-order valence-electron chi connectivity index (χ2n) is 6.41. The van der Waals surface area contributed by atoms with Crippen molar-refractivity contribution in [2.75, 3.05) is 44.7 Å². The largest absolute Gasteiger partial charge is 0.495 e. The van der Waals surface area contributed by atoms with Crippen molar-refractivity contribution < 1.29 is 4.74 Å². The molecule has 0 radical (unpaired) electrons. The number of nitrogens with one attached hydrogen (secondary N) is 1. The third-order valence-electron chi connectivity index (χ3n) is 4.74. The van der Waals surface area contributed by atoms with E-state index in [0.29, 0.717) is 6.04 Å². The molecule has 0 bridgehead atoms.